The first-order valence-corrected chi connectivity index (χ1v) is 8.84. The number of rotatable bonds is 7. The van der Waals surface area contributed by atoms with Gasteiger partial charge in [0.25, 0.3) is 0 Å². The lowest BCUT2D eigenvalue weighted by Gasteiger charge is -2.45. The van der Waals surface area contributed by atoms with Crippen LogP contribution < -0.4 is 9.47 Å². The van der Waals surface area contributed by atoms with E-state index in [4.69, 9.17) is 14.2 Å². The predicted molar refractivity (Wildman–Crippen MR) is 93.0 cm³/mol. The highest BCUT2D eigenvalue weighted by Gasteiger charge is 2.49. The number of methoxy groups -OCH3 is 2. The molecule has 3 rings (SSSR count). The molecule has 1 aromatic rings. The number of hydrogen-bond acceptors (Lipinski definition) is 6. The third kappa shape index (κ3) is 3.48. The number of hydrogen-bond donors (Lipinski definition) is 0. The first-order chi connectivity index (χ1) is 12.1. The van der Waals surface area contributed by atoms with E-state index in [1.54, 1.807) is 7.11 Å². The topological polar surface area (TPSA) is 74.2 Å². The molecule has 0 amide bonds. The van der Waals surface area contributed by atoms with E-state index in [-0.39, 0.29) is 24.5 Å². The molecule has 0 bridgehead atoms. The van der Waals surface area contributed by atoms with Gasteiger partial charge in [-0.25, -0.2) is 0 Å². The largest absolute Gasteiger partial charge is 0.493 e. The van der Waals surface area contributed by atoms with Crippen LogP contribution in [0.1, 0.15) is 44.1 Å². The van der Waals surface area contributed by atoms with Gasteiger partial charge in [0, 0.05) is 5.41 Å². The molecular formula is C19H25NO5. The van der Waals surface area contributed by atoms with Crippen molar-refractivity contribution in [2.75, 3.05) is 20.8 Å². The normalized spacial score (nSPS) is 25.9. The molecule has 0 radical (unpaired) electrons. The van der Waals surface area contributed by atoms with Crippen LogP contribution in [0, 0.1) is 10.8 Å². The fourth-order valence-electron chi connectivity index (χ4n) is 4.08. The van der Waals surface area contributed by atoms with E-state index in [9.17, 15) is 9.70 Å². The lowest BCUT2D eigenvalue weighted by molar-refractivity contribution is -0.151. The highest BCUT2D eigenvalue weighted by molar-refractivity contribution is 5.74. The lowest BCUT2D eigenvalue weighted by atomic mass is 9.58. The minimum absolute atomic E-state index is 0.149. The monoisotopic (exact) mass is 347 g/mol. The molecular weight excluding hydrogens is 322 g/mol. The third-order valence-corrected chi connectivity index (χ3v) is 5.55. The molecule has 0 aliphatic heterocycles. The second-order valence-electron chi connectivity index (χ2n) is 7.09. The number of carbonyl (C=O) groups is 1. The maximum absolute atomic E-state index is 11.7. The van der Waals surface area contributed by atoms with Crippen molar-refractivity contribution in [1.82, 2.24) is 0 Å². The Morgan fingerprint density at radius 1 is 1.20 bits per heavy atom. The van der Waals surface area contributed by atoms with Crippen LogP contribution in [0.15, 0.2) is 23.4 Å². The van der Waals surface area contributed by atoms with Gasteiger partial charge in [0.15, 0.2) is 11.5 Å². The summed E-state index contributed by atoms with van der Waals surface area (Å²) >= 11 is 0. The Bertz CT molecular complexity index is 633. The fraction of sp³-hybridized carbons (Fsp3) is 0.632. The van der Waals surface area contributed by atoms with E-state index in [0.717, 1.165) is 18.4 Å². The number of esters is 1. The van der Waals surface area contributed by atoms with Crippen molar-refractivity contribution in [3.8, 4) is 11.5 Å². The van der Waals surface area contributed by atoms with E-state index in [1.807, 2.05) is 18.2 Å². The first-order valence-electron chi connectivity index (χ1n) is 8.84. The number of carbonyl (C=O) groups excluding carboxylic acids is 1. The van der Waals surface area contributed by atoms with Crippen LogP contribution in [0.25, 0.3) is 0 Å². The maximum Gasteiger partial charge on any atom is 0.308 e. The van der Waals surface area contributed by atoms with Crippen molar-refractivity contribution in [3.05, 3.63) is 28.7 Å². The highest BCUT2D eigenvalue weighted by Crippen LogP contribution is 2.50. The number of nitroso groups, excluding NO2 is 1. The van der Waals surface area contributed by atoms with Gasteiger partial charge in [-0.15, -0.1) is 0 Å². The molecule has 136 valence electrons. The van der Waals surface area contributed by atoms with Crippen molar-refractivity contribution >= 4 is 5.97 Å². The van der Waals surface area contributed by atoms with Gasteiger partial charge in [-0.3, -0.25) is 4.79 Å². The molecule has 0 spiro atoms. The van der Waals surface area contributed by atoms with Crippen molar-refractivity contribution in [1.29, 1.82) is 0 Å². The van der Waals surface area contributed by atoms with Crippen LogP contribution in [-0.2, 0) is 14.9 Å². The Morgan fingerprint density at radius 3 is 2.52 bits per heavy atom. The van der Waals surface area contributed by atoms with Gasteiger partial charge in [-0.1, -0.05) is 11.2 Å². The summed E-state index contributed by atoms with van der Waals surface area (Å²) in [5, 5.41) is 3.13. The third-order valence-electron chi connectivity index (χ3n) is 5.55. The molecule has 2 saturated carbocycles. The minimum Gasteiger partial charge on any atom is -0.493 e. The Balaban J connectivity index is 1.84. The zero-order chi connectivity index (χ0) is 17.9. The van der Waals surface area contributed by atoms with Crippen molar-refractivity contribution < 1.29 is 19.0 Å². The van der Waals surface area contributed by atoms with E-state index in [1.165, 1.54) is 20.0 Å². The van der Waals surface area contributed by atoms with E-state index < -0.39 is 5.41 Å². The maximum atomic E-state index is 11.7. The molecule has 2 fully saturated rings. The fourth-order valence-corrected chi connectivity index (χ4v) is 4.08. The molecule has 25 heavy (non-hydrogen) atoms. The van der Waals surface area contributed by atoms with Crippen LogP contribution in [0.3, 0.4) is 0 Å². The SMILES string of the molecule is COC(=O)C1CC(CN=O)(c2ccc(OC)c(OC3CCCC3)c2)C1. The van der Waals surface area contributed by atoms with Crippen LogP contribution in [0.2, 0.25) is 0 Å². The van der Waals surface area contributed by atoms with Gasteiger partial charge < -0.3 is 14.2 Å². The van der Waals surface area contributed by atoms with Crippen LogP contribution in [0.5, 0.6) is 11.5 Å². The molecule has 1 aromatic carbocycles. The van der Waals surface area contributed by atoms with E-state index in [2.05, 4.69) is 5.18 Å². The number of nitrogens with zero attached hydrogens (tertiary/aromatic N) is 1. The second kappa shape index (κ2) is 7.42. The standard InChI is InChI=1S/C19H25NO5/c1-23-16-8-7-14(9-17(16)25-15-5-3-4-6-15)19(12-20-22)10-13(11-19)18(21)24-2/h7-9,13,15H,3-6,10-12H2,1-2H3. The quantitative estimate of drug-likeness (QED) is 0.556. The summed E-state index contributed by atoms with van der Waals surface area (Å²) in [5.74, 6) is 0.998. The highest BCUT2D eigenvalue weighted by atomic mass is 16.5. The summed E-state index contributed by atoms with van der Waals surface area (Å²) in [6.45, 7) is 0.149. The van der Waals surface area contributed by atoms with E-state index in [0.29, 0.717) is 24.3 Å². The molecule has 0 saturated heterocycles. The lowest BCUT2D eigenvalue weighted by Crippen LogP contribution is -2.47. The molecule has 0 N–H and O–H groups in total. The van der Waals surface area contributed by atoms with Gasteiger partial charge in [0.05, 0.1) is 32.8 Å². The first kappa shape index (κ1) is 17.7. The van der Waals surface area contributed by atoms with Gasteiger partial charge in [0.2, 0.25) is 0 Å². The zero-order valence-electron chi connectivity index (χ0n) is 14.8. The van der Waals surface area contributed by atoms with Crippen molar-refractivity contribution in [3.63, 3.8) is 0 Å². The molecule has 6 heteroatoms. The number of ether oxygens (including phenoxy) is 3. The predicted octanol–water partition coefficient (Wildman–Crippen LogP) is 3.60. The number of benzene rings is 1. The summed E-state index contributed by atoms with van der Waals surface area (Å²) in [6.07, 6.45) is 5.84. The van der Waals surface area contributed by atoms with Crippen molar-refractivity contribution in [2.45, 2.75) is 50.0 Å². The second-order valence-corrected chi connectivity index (χ2v) is 7.09. The average Bonchev–Trinajstić information content (AvgIpc) is 3.10. The molecule has 0 aromatic heterocycles. The summed E-state index contributed by atoms with van der Waals surface area (Å²) in [4.78, 5) is 22.7. The minimum atomic E-state index is -0.416. The van der Waals surface area contributed by atoms with E-state index >= 15 is 0 Å². The molecule has 0 unspecified atom stereocenters. The molecule has 2 aliphatic rings. The van der Waals surface area contributed by atoms with Crippen LogP contribution >= 0.6 is 0 Å². The van der Waals surface area contributed by atoms with Crippen LogP contribution in [-0.4, -0.2) is 32.8 Å². The van der Waals surface area contributed by atoms with Gasteiger partial charge in [0.1, 0.15) is 0 Å². The molecule has 0 heterocycles. The summed E-state index contributed by atoms with van der Waals surface area (Å²) in [5.41, 5.74) is 0.557. The summed E-state index contributed by atoms with van der Waals surface area (Å²) in [7, 11) is 3.01. The smallest absolute Gasteiger partial charge is 0.308 e. The van der Waals surface area contributed by atoms with Gasteiger partial charge in [-0.2, -0.15) is 4.91 Å². The zero-order valence-corrected chi connectivity index (χ0v) is 14.8. The molecule has 0 atom stereocenters. The van der Waals surface area contributed by atoms with Gasteiger partial charge in [-0.05, 0) is 56.2 Å². The summed E-state index contributed by atoms with van der Waals surface area (Å²) in [6, 6.07) is 5.77. The van der Waals surface area contributed by atoms with Crippen molar-refractivity contribution in [2.24, 2.45) is 11.1 Å². The van der Waals surface area contributed by atoms with Gasteiger partial charge >= 0.3 is 5.97 Å². The molecule has 6 nitrogen and oxygen atoms in total. The Morgan fingerprint density at radius 2 is 1.92 bits per heavy atom. The Kier molecular flexibility index (Phi) is 5.25. The summed E-state index contributed by atoms with van der Waals surface area (Å²) < 4.78 is 16.4. The van der Waals surface area contributed by atoms with Crippen LogP contribution in [0.4, 0.5) is 0 Å². The average molecular weight is 347 g/mol. The Hall–Kier alpha value is -2.11. The Labute approximate surface area is 147 Å². The molecule has 2 aliphatic carbocycles.